The van der Waals surface area contributed by atoms with Gasteiger partial charge in [-0.25, -0.2) is 4.39 Å². The second kappa shape index (κ2) is 5.54. The number of benzene rings is 1. The summed E-state index contributed by atoms with van der Waals surface area (Å²) in [6, 6.07) is 6.29. The Hall–Kier alpha value is -1.33. The molecular formula is C13H12BrFO3. The lowest BCUT2D eigenvalue weighted by atomic mass is 10.1. The lowest BCUT2D eigenvalue weighted by molar-refractivity contribution is 0.149. The highest BCUT2D eigenvalue weighted by Crippen LogP contribution is 2.28. The summed E-state index contributed by atoms with van der Waals surface area (Å²) in [5.74, 6) is 0.180. The van der Waals surface area contributed by atoms with Gasteiger partial charge in [0.05, 0.1) is 17.8 Å². The van der Waals surface area contributed by atoms with Crippen LogP contribution in [0.3, 0.4) is 0 Å². The van der Waals surface area contributed by atoms with Gasteiger partial charge in [-0.05, 0) is 39.7 Å². The third-order valence-electron chi connectivity index (χ3n) is 2.59. The number of furan rings is 1. The molecule has 0 aliphatic rings. The van der Waals surface area contributed by atoms with Gasteiger partial charge < -0.3 is 14.3 Å². The molecule has 0 amide bonds. The Balaban J connectivity index is 2.15. The van der Waals surface area contributed by atoms with Crippen molar-refractivity contribution in [1.82, 2.24) is 0 Å². The first-order chi connectivity index (χ1) is 8.61. The van der Waals surface area contributed by atoms with Gasteiger partial charge in [-0.3, -0.25) is 0 Å². The first-order valence-corrected chi connectivity index (χ1v) is 6.14. The van der Waals surface area contributed by atoms with Crippen molar-refractivity contribution in [3.8, 4) is 5.75 Å². The minimum absolute atomic E-state index is 0.187. The van der Waals surface area contributed by atoms with Crippen molar-refractivity contribution < 1.29 is 18.7 Å². The third-order valence-corrected chi connectivity index (χ3v) is 3.25. The van der Waals surface area contributed by atoms with E-state index in [9.17, 15) is 9.50 Å². The van der Waals surface area contributed by atoms with Crippen LogP contribution in [-0.4, -0.2) is 12.2 Å². The van der Waals surface area contributed by atoms with E-state index in [4.69, 9.17) is 9.15 Å². The van der Waals surface area contributed by atoms with Crippen LogP contribution in [0.15, 0.2) is 39.4 Å². The van der Waals surface area contributed by atoms with E-state index in [1.165, 1.54) is 25.5 Å². The van der Waals surface area contributed by atoms with E-state index in [0.717, 1.165) is 0 Å². The third kappa shape index (κ3) is 2.73. The van der Waals surface area contributed by atoms with Crippen LogP contribution in [0.1, 0.15) is 17.4 Å². The second-order valence-electron chi connectivity index (χ2n) is 3.82. The van der Waals surface area contributed by atoms with Gasteiger partial charge in [0.15, 0.2) is 11.6 Å². The van der Waals surface area contributed by atoms with Gasteiger partial charge in [0, 0.05) is 6.42 Å². The molecule has 2 aromatic rings. The molecule has 1 aromatic heterocycles. The molecule has 2 rings (SSSR count). The van der Waals surface area contributed by atoms with Crippen molar-refractivity contribution in [1.29, 1.82) is 0 Å². The van der Waals surface area contributed by atoms with Crippen molar-refractivity contribution in [2.24, 2.45) is 0 Å². The highest BCUT2D eigenvalue weighted by atomic mass is 79.9. The molecule has 0 fully saturated rings. The predicted molar refractivity (Wildman–Crippen MR) is 68.0 cm³/mol. The van der Waals surface area contributed by atoms with E-state index in [-0.39, 0.29) is 12.2 Å². The molecule has 0 radical (unpaired) electrons. The first-order valence-electron chi connectivity index (χ1n) is 5.35. The first kappa shape index (κ1) is 13.1. The molecule has 0 aliphatic carbocycles. The lowest BCUT2D eigenvalue weighted by Crippen LogP contribution is -2.02. The summed E-state index contributed by atoms with van der Waals surface area (Å²) < 4.78 is 24.2. The van der Waals surface area contributed by atoms with Crippen LogP contribution < -0.4 is 4.74 Å². The van der Waals surface area contributed by atoms with E-state index in [0.29, 0.717) is 15.8 Å². The molecule has 5 heteroatoms. The van der Waals surface area contributed by atoms with Gasteiger partial charge in [0.1, 0.15) is 11.9 Å². The number of methoxy groups -OCH3 is 1. The van der Waals surface area contributed by atoms with Crippen LogP contribution in [0, 0.1) is 5.82 Å². The molecule has 1 N–H and O–H groups in total. The lowest BCUT2D eigenvalue weighted by Gasteiger charge is -2.10. The quantitative estimate of drug-likeness (QED) is 0.939. The summed E-state index contributed by atoms with van der Waals surface area (Å²) in [4.78, 5) is 0. The van der Waals surface area contributed by atoms with Gasteiger partial charge in [0.25, 0.3) is 0 Å². The maximum absolute atomic E-state index is 13.5. The summed E-state index contributed by atoms with van der Waals surface area (Å²) >= 11 is 3.27. The number of ether oxygens (including phenoxy) is 1. The van der Waals surface area contributed by atoms with E-state index < -0.39 is 11.9 Å². The number of rotatable bonds is 4. The largest absolute Gasteiger partial charge is 0.494 e. The van der Waals surface area contributed by atoms with Crippen molar-refractivity contribution in [3.63, 3.8) is 0 Å². The minimum atomic E-state index is -0.817. The van der Waals surface area contributed by atoms with Crippen LogP contribution in [0.25, 0.3) is 0 Å². The number of aliphatic hydroxyl groups excluding tert-OH is 1. The maximum Gasteiger partial charge on any atom is 0.165 e. The van der Waals surface area contributed by atoms with Gasteiger partial charge >= 0.3 is 0 Å². The fourth-order valence-corrected chi connectivity index (χ4v) is 2.16. The van der Waals surface area contributed by atoms with E-state index in [1.54, 1.807) is 12.1 Å². The molecule has 0 bridgehead atoms. The monoisotopic (exact) mass is 314 g/mol. The fourth-order valence-electron chi connectivity index (χ4n) is 1.70. The van der Waals surface area contributed by atoms with Crippen LogP contribution in [0.5, 0.6) is 5.75 Å². The summed E-state index contributed by atoms with van der Waals surface area (Å²) in [5, 5.41) is 9.98. The van der Waals surface area contributed by atoms with Crippen LogP contribution >= 0.6 is 15.9 Å². The summed E-state index contributed by atoms with van der Waals surface area (Å²) in [5.41, 5.74) is 0.670. The molecule has 3 nitrogen and oxygen atoms in total. The zero-order chi connectivity index (χ0) is 13.1. The number of hydrogen-bond donors (Lipinski definition) is 1. The van der Waals surface area contributed by atoms with E-state index >= 15 is 0 Å². The summed E-state index contributed by atoms with van der Waals surface area (Å²) in [6.07, 6.45) is 0.937. The minimum Gasteiger partial charge on any atom is -0.494 e. The van der Waals surface area contributed by atoms with Gasteiger partial charge in [0.2, 0.25) is 0 Å². The Morgan fingerprint density at radius 3 is 2.78 bits per heavy atom. The molecule has 0 spiro atoms. The SMILES string of the molecule is COc1ccc(CC(O)c2occc2Br)cc1F. The second-order valence-corrected chi connectivity index (χ2v) is 4.68. The standard InChI is InChI=1S/C13H12BrFO3/c1-17-12-3-2-8(6-10(12)15)7-11(16)13-9(14)4-5-18-13/h2-6,11,16H,7H2,1H3. The van der Waals surface area contributed by atoms with Gasteiger partial charge in [-0.15, -0.1) is 0 Å². The van der Waals surface area contributed by atoms with Crippen LogP contribution in [-0.2, 0) is 6.42 Å². The highest BCUT2D eigenvalue weighted by Gasteiger charge is 2.16. The molecule has 1 atom stereocenters. The normalized spacial score (nSPS) is 12.4. The molecule has 18 heavy (non-hydrogen) atoms. The Morgan fingerprint density at radius 1 is 1.44 bits per heavy atom. The average Bonchev–Trinajstić information content (AvgIpc) is 2.76. The van der Waals surface area contributed by atoms with Gasteiger partial charge in [-0.1, -0.05) is 6.07 Å². The van der Waals surface area contributed by atoms with Crippen LogP contribution in [0.4, 0.5) is 4.39 Å². The molecule has 0 saturated carbocycles. The number of hydrogen-bond acceptors (Lipinski definition) is 3. The average molecular weight is 315 g/mol. The van der Waals surface area contributed by atoms with Crippen LogP contribution in [0.2, 0.25) is 0 Å². The molecule has 1 aromatic carbocycles. The number of halogens is 2. The molecule has 0 aliphatic heterocycles. The van der Waals surface area contributed by atoms with Crippen molar-refractivity contribution in [2.75, 3.05) is 7.11 Å². The molecular weight excluding hydrogens is 303 g/mol. The van der Waals surface area contributed by atoms with Gasteiger partial charge in [-0.2, -0.15) is 0 Å². The zero-order valence-corrected chi connectivity index (χ0v) is 11.3. The zero-order valence-electron chi connectivity index (χ0n) is 9.69. The molecule has 1 unspecified atom stereocenters. The highest BCUT2D eigenvalue weighted by molar-refractivity contribution is 9.10. The maximum atomic E-state index is 13.5. The Morgan fingerprint density at radius 2 is 2.22 bits per heavy atom. The number of aliphatic hydroxyl groups is 1. The summed E-state index contributed by atoms with van der Waals surface area (Å²) in [6.45, 7) is 0. The van der Waals surface area contributed by atoms with Crippen molar-refractivity contribution >= 4 is 15.9 Å². The Bertz CT molecular complexity index is 539. The fraction of sp³-hybridized carbons (Fsp3) is 0.231. The Labute approximate surface area is 112 Å². The smallest absolute Gasteiger partial charge is 0.165 e. The summed E-state index contributed by atoms with van der Waals surface area (Å²) in [7, 11) is 1.41. The van der Waals surface area contributed by atoms with E-state index in [2.05, 4.69) is 15.9 Å². The molecule has 0 saturated heterocycles. The van der Waals surface area contributed by atoms with Crippen molar-refractivity contribution in [2.45, 2.75) is 12.5 Å². The predicted octanol–water partition coefficient (Wildman–Crippen LogP) is 3.47. The van der Waals surface area contributed by atoms with Crippen molar-refractivity contribution in [3.05, 3.63) is 52.1 Å². The Kier molecular flexibility index (Phi) is 4.04. The molecule has 96 valence electrons. The molecule has 1 heterocycles. The van der Waals surface area contributed by atoms with E-state index in [1.807, 2.05) is 0 Å². The topological polar surface area (TPSA) is 42.6 Å².